The molecule has 1 aliphatic carbocycles. The summed E-state index contributed by atoms with van der Waals surface area (Å²) in [5.41, 5.74) is 0. The molecule has 0 unspecified atom stereocenters. The van der Waals surface area contributed by atoms with Crippen LogP contribution in [-0.2, 0) is 10.0 Å². The lowest BCUT2D eigenvalue weighted by atomic mass is 10.3. The molecule has 4 nitrogen and oxygen atoms in total. The predicted molar refractivity (Wildman–Crippen MR) is 56.5 cm³/mol. The Hall–Kier alpha value is -0.780. The summed E-state index contributed by atoms with van der Waals surface area (Å²) in [5.74, 6) is 0.380. The van der Waals surface area contributed by atoms with E-state index in [1.165, 1.54) is 6.07 Å². The van der Waals surface area contributed by atoms with Crippen molar-refractivity contribution in [3.05, 3.63) is 23.2 Å². The van der Waals surface area contributed by atoms with Crippen LogP contribution < -0.4 is 9.88 Å². The number of nitrogens with two attached hydrogens (primary N) is 1. The van der Waals surface area contributed by atoms with Crippen LogP contribution in [0.3, 0.4) is 0 Å². The smallest absolute Gasteiger partial charge is 0.239 e. The van der Waals surface area contributed by atoms with Gasteiger partial charge < -0.3 is 4.74 Å². The van der Waals surface area contributed by atoms with Gasteiger partial charge in [0.05, 0.1) is 6.10 Å². The summed E-state index contributed by atoms with van der Waals surface area (Å²) in [6.07, 6.45) is 2.13. The van der Waals surface area contributed by atoms with Gasteiger partial charge in [-0.05, 0) is 25.0 Å². The van der Waals surface area contributed by atoms with Crippen LogP contribution in [0.5, 0.6) is 5.75 Å². The number of hydrogen-bond acceptors (Lipinski definition) is 3. The second-order valence-electron chi connectivity index (χ2n) is 3.43. The summed E-state index contributed by atoms with van der Waals surface area (Å²) >= 11 is 5.88. The van der Waals surface area contributed by atoms with Gasteiger partial charge in [-0.1, -0.05) is 17.7 Å². The molecule has 2 rings (SSSR count). The molecule has 0 aromatic heterocycles. The molecule has 0 bridgehead atoms. The molecular formula is C9H10ClNO3S. The van der Waals surface area contributed by atoms with Crippen molar-refractivity contribution in [1.29, 1.82) is 0 Å². The van der Waals surface area contributed by atoms with E-state index < -0.39 is 10.0 Å². The molecule has 0 amide bonds. The monoisotopic (exact) mass is 247 g/mol. The Morgan fingerprint density at radius 1 is 1.40 bits per heavy atom. The van der Waals surface area contributed by atoms with Gasteiger partial charge in [0.1, 0.15) is 15.7 Å². The van der Waals surface area contributed by atoms with E-state index in [2.05, 4.69) is 0 Å². The molecule has 0 heterocycles. The van der Waals surface area contributed by atoms with E-state index in [-0.39, 0.29) is 16.0 Å². The predicted octanol–water partition coefficient (Wildman–Crippen LogP) is 1.53. The van der Waals surface area contributed by atoms with Crippen molar-refractivity contribution in [1.82, 2.24) is 0 Å². The molecule has 6 heteroatoms. The van der Waals surface area contributed by atoms with Crippen molar-refractivity contribution in [2.24, 2.45) is 5.14 Å². The zero-order valence-electron chi connectivity index (χ0n) is 7.81. The Kier molecular flexibility index (Phi) is 2.62. The third-order valence-corrected chi connectivity index (χ3v) is 3.51. The van der Waals surface area contributed by atoms with E-state index in [0.717, 1.165) is 12.8 Å². The zero-order valence-corrected chi connectivity index (χ0v) is 9.38. The highest BCUT2D eigenvalue weighted by molar-refractivity contribution is 7.89. The standard InChI is InChI=1S/C9H10ClNO3S/c10-9-7(14-6-4-5-6)2-1-3-8(9)15(11,12)13/h1-3,6H,4-5H2,(H2,11,12,13). The molecule has 0 spiro atoms. The third-order valence-electron chi connectivity index (χ3n) is 2.05. The minimum absolute atomic E-state index is 0.0619. The fourth-order valence-electron chi connectivity index (χ4n) is 1.17. The highest BCUT2D eigenvalue weighted by Gasteiger charge is 2.26. The average molecular weight is 248 g/mol. The van der Waals surface area contributed by atoms with E-state index in [9.17, 15) is 8.42 Å². The maximum atomic E-state index is 11.1. The summed E-state index contributed by atoms with van der Waals surface area (Å²) in [6.45, 7) is 0. The van der Waals surface area contributed by atoms with Gasteiger partial charge in [-0.3, -0.25) is 0 Å². The molecule has 82 valence electrons. The molecule has 0 radical (unpaired) electrons. The Bertz CT molecular complexity index is 482. The van der Waals surface area contributed by atoms with Gasteiger partial charge in [0, 0.05) is 0 Å². The zero-order chi connectivity index (χ0) is 11.1. The molecule has 0 aliphatic heterocycles. The summed E-state index contributed by atoms with van der Waals surface area (Å²) in [6, 6.07) is 4.55. The summed E-state index contributed by atoms with van der Waals surface area (Å²) < 4.78 is 27.7. The molecular weight excluding hydrogens is 238 g/mol. The first-order valence-electron chi connectivity index (χ1n) is 4.46. The quantitative estimate of drug-likeness (QED) is 0.881. The van der Waals surface area contributed by atoms with Gasteiger partial charge in [0.15, 0.2) is 0 Å². The number of benzene rings is 1. The molecule has 1 aliphatic rings. The minimum Gasteiger partial charge on any atom is -0.489 e. The molecule has 2 N–H and O–H groups in total. The van der Waals surface area contributed by atoms with Crippen molar-refractivity contribution in [2.45, 2.75) is 23.8 Å². The number of rotatable bonds is 3. The maximum Gasteiger partial charge on any atom is 0.239 e. The molecule has 0 atom stereocenters. The summed E-state index contributed by atoms with van der Waals surface area (Å²) in [4.78, 5) is -0.0951. The summed E-state index contributed by atoms with van der Waals surface area (Å²) in [5, 5.41) is 5.07. The lowest BCUT2D eigenvalue weighted by Crippen LogP contribution is -2.13. The van der Waals surface area contributed by atoms with Gasteiger partial charge in [-0.2, -0.15) is 0 Å². The van der Waals surface area contributed by atoms with E-state index in [1.54, 1.807) is 12.1 Å². The van der Waals surface area contributed by atoms with Gasteiger partial charge in [0.2, 0.25) is 10.0 Å². The molecule has 1 saturated carbocycles. The van der Waals surface area contributed by atoms with Crippen LogP contribution in [0.1, 0.15) is 12.8 Å². The highest BCUT2D eigenvalue weighted by Crippen LogP contribution is 2.35. The molecule has 1 aromatic rings. The van der Waals surface area contributed by atoms with Gasteiger partial charge in [0.25, 0.3) is 0 Å². The molecule has 1 fully saturated rings. The van der Waals surface area contributed by atoms with E-state index in [4.69, 9.17) is 21.5 Å². The van der Waals surface area contributed by atoms with Crippen molar-refractivity contribution >= 4 is 21.6 Å². The fraction of sp³-hybridized carbons (Fsp3) is 0.333. The van der Waals surface area contributed by atoms with Crippen molar-refractivity contribution < 1.29 is 13.2 Å². The van der Waals surface area contributed by atoms with Crippen molar-refractivity contribution in [2.75, 3.05) is 0 Å². The van der Waals surface area contributed by atoms with Gasteiger partial charge >= 0.3 is 0 Å². The van der Waals surface area contributed by atoms with Gasteiger partial charge in [-0.15, -0.1) is 0 Å². The van der Waals surface area contributed by atoms with Crippen LogP contribution in [0.2, 0.25) is 5.02 Å². The van der Waals surface area contributed by atoms with E-state index >= 15 is 0 Å². The largest absolute Gasteiger partial charge is 0.489 e. The van der Waals surface area contributed by atoms with Crippen molar-refractivity contribution in [3.8, 4) is 5.75 Å². The Morgan fingerprint density at radius 3 is 2.60 bits per heavy atom. The van der Waals surface area contributed by atoms with Crippen LogP contribution in [0.4, 0.5) is 0 Å². The third kappa shape index (κ3) is 2.42. The Labute approximate surface area is 93.0 Å². The number of halogens is 1. The average Bonchev–Trinajstić information content (AvgIpc) is 2.90. The van der Waals surface area contributed by atoms with Crippen LogP contribution in [0, 0.1) is 0 Å². The van der Waals surface area contributed by atoms with Crippen LogP contribution in [0.15, 0.2) is 23.1 Å². The molecule has 0 saturated heterocycles. The van der Waals surface area contributed by atoms with Crippen LogP contribution >= 0.6 is 11.6 Å². The van der Waals surface area contributed by atoms with Crippen LogP contribution in [0.25, 0.3) is 0 Å². The van der Waals surface area contributed by atoms with Gasteiger partial charge in [-0.25, -0.2) is 13.6 Å². The van der Waals surface area contributed by atoms with Crippen molar-refractivity contribution in [3.63, 3.8) is 0 Å². The first-order valence-corrected chi connectivity index (χ1v) is 6.39. The molecule has 1 aromatic carbocycles. The second-order valence-corrected chi connectivity index (χ2v) is 5.34. The Morgan fingerprint density at radius 2 is 2.07 bits per heavy atom. The fourth-order valence-corrected chi connectivity index (χ4v) is 2.28. The first-order chi connectivity index (χ1) is 6.98. The van der Waals surface area contributed by atoms with E-state index in [0.29, 0.717) is 5.75 Å². The van der Waals surface area contributed by atoms with E-state index in [1.807, 2.05) is 0 Å². The lowest BCUT2D eigenvalue weighted by Gasteiger charge is -2.08. The minimum atomic E-state index is -3.78. The highest BCUT2D eigenvalue weighted by atomic mass is 35.5. The molecule has 15 heavy (non-hydrogen) atoms. The number of sulfonamides is 1. The lowest BCUT2D eigenvalue weighted by molar-refractivity contribution is 0.302. The number of primary sulfonamides is 1. The first kappa shape index (κ1) is 10.7. The normalized spacial score (nSPS) is 16.4. The SMILES string of the molecule is NS(=O)(=O)c1cccc(OC2CC2)c1Cl. The summed E-state index contributed by atoms with van der Waals surface area (Å²) in [7, 11) is -3.78. The topological polar surface area (TPSA) is 69.4 Å². The number of ether oxygens (including phenoxy) is 1. The van der Waals surface area contributed by atoms with Crippen LogP contribution in [-0.4, -0.2) is 14.5 Å². The number of hydrogen-bond donors (Lipinski definition) is 1. The Balaban J connectivity index is 2.40. The second kappa shape index (κ2) is 3.66. The maximum absolute atomic E-state index is 11.1.